The van der Waals surface area contributed by atoms with Gasteiger partial charge in [0.15, 0.2) is 6.23 Å². The Labute approximate surface area is 129 Å². The van der Waals surface area contributed by atoms with Gasteiger partial charge in [0.05, 0.1) is 6.61 Å². The Morgan fingerprint density at radius 1 is 1.45 bits per heavy atom. The topological polar surface area (TPSA) is 121 Å². The molecule has 1 unspecified atom stereocenters. The molecule has 1 aliphatic heterocycles. The molecule has 1 saturated heterocycles. The van der Waals surface area contributed by atoms with Crippen LogP contribution in [0.5, 0.6) is 0 Å². The second-order valence-electron chi connectivity index (χ2n) is 5.25. The van der Waals surface area contributed by atoms with Crippen molar-refractivity contribution in [1.29, 1.82) is 0 Å². The highest BCUT2D eigenvalue weighted by atomic mass is 32.1. The van der Waals surface area contributed by atoms with Gasteiger partial charge in [0.2, 0.25) is 4.77 Å². The van der Waals surface area contributed by atoms with Crippen LogP contribution in [0.15, 0.2) is 17.1 Å². The van der Waals surface area contributed by atoms with Gasteiger partial charge in [-0.3, -0.25) is 9.36 Å². The molecule has 0 aliphatic carbocycles. The molecule has 2 aromatic rings. The van der Waals surface area contributed by atoms with E-state index in [9.17, 15) is 15.0 Å². The summed E-state index contributed by atoms with van der Waals surface area (Å²) in [5, 5.41) is 29.6. The van der Waals surface area contributed by atoms with Gasteiger partial charge < -0.3 is 25.0 Å². The number of aryl methyl sites for hydroxylation is 1. The first kappa shape index (κ1) is 15.3. The van der Waals surface area contributed by atoms with E-state index in [1.165, 1.54) is 4.57 Å². The number of aromatic amines is 1. The maximum absolute atomic E-state index is 11.6. The largest absolute Gasteiger partial charge is 0.394 e. The fraction of sp³-hybridized carbons (Fsp3) is 0.462. The first-order chi connectivity index (χ1) is 10.4. The molecule has 1 aliphatic rings. The van der Waals surface area contributed by atoms with Crippen molar-refractivity contribution in [3.63, 3.8) is 0 Å². The predicted octanol–water partition coefficient (Wildman–Crippen LogP) is -0.626. The van der Waals surface area contributed by atoms with E-state index in [2.05, 4.69) is 9.97 Å². The van der Waals surface area contributed by atoms with Gasteiger partial charge in [0.25, 0.3) is 5.56 Å². The molecule has 3 heterocycles. The number of aliphatic hydroxyl groups is 3. The maximum Gasteiger partial charge on any atom is 0.252 e. The summed E-state index contributed by atoms with van der Waals surface area (Å²) < 4.78 is 6.93. The van der Waals surface area contributed by atoms with Crippen LogP contribution in [-0.4, -0.2) is 54.8 Å². The SMILES string of the molecule is Cc1cc2cn([C@@H]3O[C@H](CO)C(O)[C@@H]3O)c(=S)nc2[nH]c1=O. The van der Waals surface area contributed by atoms with E-state index < -0.39 is 31.1 Å². The molecule has 8 nitrogen and oxygen atoms in total. The maximum atomic E-state index is 11.6. The molecule has 0 aromatic carbocycles. The Hall–Kier alpha value is -1.65. The smallest absolute Gasteiger partial charge is 0.252 e. The fourth-order valence-electron chi connectivity index (χ4n) is 2.49. The van der Waals surface area contributed by atoms with Gasteiger partial charge in [0, 0.05) is 17.1 Å². The van der Waals surface area contributed by atoms with Gasteiger partial charge in [0.1, 0.15) is 24.0 Å². The van der Waals surface area contributed by atoms with Gasteiger partial charge in [-0.05, 0) is 25.2 Å². The third-order valence-electron chi connectivity index (χ3n) is 3.73. The van der Waals surface area contributed by atoms with Crippen LogP contribution in [0.3, 0.4) is 0 Å². The van der Waals surface area contributed by atoms with Gasteiger partial charge in [-0.1, -0.05) is 0 Å². The van der Waals surface area contributed by atoms with Gasteiger partial charge in [-0.15, -0.1) is 0 Å². The summed E-state index contributed by atoms with van der Waals surface area (Å²) in [6.07, 6.45) is -2.72. The lowest BCUT2D eigenvalue weighted by atomic mass is 10.1. The van der Waals surface area contributed by atoms with Crippen molar-refractivity contribution in [3.05, 3.63) is 33.0 Å². The summed E-state index contributed by atoms with van der Waals surface area (Å²) in [5.41, 5.74) is 0.600. The summed E-state index contributed by atoms with van der Waals surface area (Å²) >= 11 is 5.15. The minimum absolute atomic E-state index is 0.0850. The zero-order valence-corrected chi connectivity index (χ0v) is 12.4. The van der Waals surface area contributed by atoms with Crippen molar-refractivity contribution in [3.8, 4) is 0 Å². The average molecular weight is 325 g/mol. The zero-order chi connectivity index (χ0) is 16.0. The standard InChI is InChI=1S/C13H15N3O5S/c1-5-2-6-3-16(13(22)15-10(6)14-11(5)20)12-9(19)8(18)7(4-17)21-12/h2-3,7-9,12,17-19H,4H2,1H3,(H,14,15,20,22)/t7-,8?,9+,12-/m1/s1. The third kappa shape index (κ3) is 2.36. The molecule has 1 fully saturated rings. The first-order valence-corrected chi connectivity index (χ1v) is 7.08. The molecule has 2 aromatic heterocycles. The Bertz CT molecular complexity index is 833. The van der Waals surface area contributed by atoms with Crippen LogP contribution < -0.4 is 5.56 Å². The summed E-state index contributed by atoms with van der Waals surface area (Å²) in [6.45, 7) is 1.24. The summed E-state index contributed by atoms with van der Waals surface area (Å²) in [7, 11) is 0. The molecule has 9 heteroatoms. The summed E-state index contributed by atoms with van der Waals surface area (Å²) in [6, 6.07) is 1.65. The lowest BCUT2D eigenvalue weighted by Gasteiger charge is -2.18. The summed E-state index contributed by atoms with van der Waals surface area (Å²) in [5.74, 6) is 0. The van der Waals surface area contributed by atoms with Crippen LogP contribution in [0.2, 0.25) is 0 Å². The Morgan fingerprint density at radius 2 is 2.18 bits per heavy atom. The zero-order valence-electron chi connectivity index (χ0n) is 11.6. The number of nitrogens with one attached hydrogen (secondary N) is 1. The van der Waals surface area contributed by atoms with E-state index in [4.69, 9.17) is 22.1 Å². The molecule has 0 spiro atoms. The van der Waals surface area contributed by atoms with Crippen LogP contribution in [0.1, 0.15) is 11.8 Å². The Balaban J connectivity index is 2.12. The molecule has 0 saturated carbocycles. The van der Waals surface area contributed by atoms with Crippen LogP contribution in [0, 0.1) is 11.7 Å². The quantitative estimate of drug-likeness (QED) is 0.543. The third-order valence-corrected chi connectivity index (χ3v) is 4.04. The van der Waals surface area contributed by atoms with E-state index in [1.54, 1.807) is 19.2 Å². The lowest BCUT2D eigenvalue weighted by Crippen LogP contribution is -2.33. The van der Waals surface area contributed by atoms with Gasteiger partial charge in [-0.25, -0.2) is 4.98 Å². The van der Waals surface area contributed by atoms with Gasteiger partial charge >= 0.3 is 0 Å². The van der Waals surface area contributed by atoms with E-state index in [-0.39, 0.29) is 10.3 Å². The van der Waals surface area contributed by atoms with Crippen LogP contribution in [0.4, 0.5) is 0 Å². The number of nitrogens with zero attached hydrogens (tertiary/aromatic N) is 2. The number of aliphatic hydroxyl groups excluding tert-OH is 3. The van der Waals surface area contributed by atoms with Crippen molar-refractivity contribution in [2.24, 2.45) is 0 Å². The second-order valence-corrected chi connectivity index (χ2v) is 5.61. The van der Waals surface area contributed by atoms with E-state index in [1.807, 2.05) is 0 Å². The highest BCUT2D eigenvalue weighted by molar-refractivity contribution is 7.71. The molecule has 0 bridgehead atoms. The lowest BCUT2D eigenvalue weighted by molar-refractivity contribution is -0.0538. The van der Waals surface area contributed by atoms with Crippen molar-refractivity contribution in [2.45, 2.75) is 31.5 Å². The number of aromatic nitrogens is 3. The van der Waals surface area contributed by atoms with E-state index >= 15 is 0 Å². The number of rotatable bonds is 2. The monoisotopic (exact) mass is 325 g/mol. The molecule has 118 valence electrons. The highest BCUT2D eigenvalue weighted by Crippen LogP contribution is 2.29. The molecular formula is C13H15N3O5S. The number of hydrogen-bond acceptors (Lipinski definition) is 7. The van der Waals surface area contributed by atoms with Crippen molar-refractivity contribution < 1.29 is 20.1 Å². The molecular weight excluding hydrogens is 310 g/mol. The van der Waals surface area contributed by atoms with Gasteiger partial charge in [-0.2, -0.15) is 0 Å². The number of H-pyrrole nitrogens is 1. The van der Waals surface area contributed by atoms with Crippen molar-refractivity contribution >= 4 is 23.3 Å². The Morgan fingerprint density at radius 3 is 2.82 bits per heavy atom. The fourth-order valence-corrected chi connectivity index (χ4v) is 2.73. The molecule has 22 heavy (non-hydrogen) atoms. The van der Waals surface area contributed by atoms with Crippen LogP contribution in [-0.2, 0) is 4.74 Å². The minimum Gasteiger partial charge on any atom is -0.394 e. The number of hydrogen-bond donors (Lipinski definition) is 4. The van der Waals surface area contributed by atoms with Crippen molar-refractivity contribution in [1.82, 2.24) is 14.5 Å². The molecule has 0 radical (unpaired) electrons. The summed E-state index contributed by atoms with van der Waals surface area (Å²) in [4.78, 5) is 18.3. The molecule has 4 N–H and O–H groups in total. The van der Waals surface area contributed by atoms with Crippen LogP contribution in [0.25, 0.3) is 11.0 Å². The first-order valence-electron chi connectivity index (χ1n) is 6.67. The highest BCUT2D eigenvalue weighted by Gasteiger charge is 2.43. The van der Waals surface area contributed by atoms with Crippen molar-refractivity contribution in [2.75, 3.05) is 6.61 Å². The normalized spacial score (nSPS) is 28.4. The second kappa shape index (κ2) is 5.52. The number of fused-ring (bicyclic) bond motifs is 1. The number of pyridine rings is 1. The molecule has 0 amide bonds. The number of ether oxygens (including phenoxy) is 1. The van der Waals surface area contributed by atoms with E-state index in [0.29, 0.717) is 16.6 Å². The van der Waals surface area contributed by atoms with Crippen LogP contribution >= 0.6 is 12.2 Å². The molecule has 4 atom stereocenters. The molecule has 3 rings (SSSR count). The average Bonchev–Trinajstić information content (AvgIpc) is 2.76. The minimum atomic E-state index is -1.24. The predicted molar refractivity (Wildman–Crippen MR) is 78.9 cm³/mol. The van der Waals surface area contributed by atoms with E-state index in [0.717, 1.165) is 0 Å². The Kier molecular flexibility index (Phi) is 3.83.